The van der Waals surface area contributed by atoms with E-state index in [1.54, 1.807) is 6.07 Å². The van der Waals surface area contributed by atoms with Gasteiger partial charge in [0.15, 0.2) is 5.76 Å². The van der Waals surface area contributed by atoms with Crippen molar-refractivity contribution in [2.45, 2.75) is 26.3 Å². The van der Waals surface area contributed by atoms with Gasteiger partial charge in [-0.25, -0.2) is 0 Å². The van der Waals surface area contributed by atoms with Gasteiger partial charge in [-0.3, -0.25) is 4.79 Å². The summed E-state index contributed by atoms with van der Waals surface area (Å²) < 4.78 is 5.38. The van der Waals surface area contributed by atoms with Crippen molar-refractivity contribution in [3.63, 3.8) is 0 Å². The zero-order chi connectivity index (χ0) is 12.4. The molecule has 17 heavy (non-hydrogen) atoms. The summed E-state index contributed by atoms with van der Waals surface area (Å²) in [6, 6.07) is 4.10. The van der Waals surface area contributed by atoms with Crippen LogP contribution in [0.2, 0.25) is 0 Å². The molecule has 2 atom stereocenters. The standard InChI is InChI=1S/C13H20N2O2/c1-9-8-15(7-6-11(9)14-3)13(16)12-5-4-10(2)17-12/h4-5,9,11,14H,6-8H2,1-3H3. The Hall–Kier alpha value is -1.29. The molecule has 4 nitrogen and oxygen atoms in total. The first kappa shape index (κ1) is 12.2. The maximum Gasteiger partial charge on any atom is 0.289 e. The van der Waals surface area contributed by atoms with Crippen molar-refractivity contribution in [2.75, 3.05) is 20.1 Å². The number of hydrogen-bond donors (Lipinski definition) is 1. The smallest absolute Gasteiger partial charge is 0.289 e. The predicted octanol–water partition coefficient (Wildman–Crippen LogP) is 1.66. The maximum atomic E-state index is 12.2. The van der Waals surface area contributed by atoms with Crippen LogP contribution in [-0.2, 0) is 0 Å². The molecule has 0 radical (unpaired) electrons. The predicted molar refractivity (Wildman–Crippen MR) is 66.0 cm³/mol. The number of furan rings is 1. The van der Waals surface area contributed by atoms with Crippen molar-refractivity contribution in [1.29, 1.82) is 0 Å². The number of amides is 1. The van der Waals surface area contributed by atoms with Gasteiger partial charge in [-0.1, -0.05) is 6.92 Å². The summed E-state index contributed by atoms with van der Waals surface area (Å²) in [7, 11) is 1.98. The second-order valence-electron chi connectivity index (χ2n) is 4.82. The molecule has 1 aromatic heterocycles. The summed E-state index contributed by atoms with van der Waals surface area (Å²) in [5, 5.41) is 3.30. The summed E-state index contributed by atoms with van der Waals surface area (Å²) >= 11 is 0. The lowest BCUT2D eigenvalue weighted by molar-refractivity contribution is 0.0616. The molecule has 2 unspecified atom stereocenters. The highest BCUT2D eigenvalue weighted by molar-refractivity contribution is 5.91. The second-order valence-corrected chi connectivity index (χ2v) is 4.82. The summed E-state index contributed by atoms with van der Waals surface area (Å²) in [5.74, 6) is 1.73. The van der Waals surface area contributed by atoms with Gasteiger partial charge in [0.2, 0.25) is 0 Å². The second kappa shape index (κ2) is 4.92. The van der Waals surface area contributed by atoms with Crippen LogP contribution in [-0.4, -0.2) is 37.0 Å². The lowest BCUT2D eigenvalue weighted by Crippen LogP contribution is -2.49. The molecule has 2 rings (SSSR count). The monoisotopic (exact) mass is 236 g/mol. The van der Waals surface area contributed by atoms with Crippen LogP contribution in [0.1, 0.15) is 29.7 Å². The maximum absolute atomic E-state index is 12.2. The first-order valence-corrected chi connectivity index (χ1v) is 6.14. The highest BCUT2D eigenvalue weighted by atomic mass is 16.3. The van der Waals surface area contributed by atoms with E-state index in [1.807, 2.05) is 24.9 Å². The summed E-state index contributed by atoms with van der Waals surface area (Å²) in [5.41, 5.74) is 0. The normalized spacial score (nSPS) is 25.0. The van der Waals surface area contributed by atoms with Crippen LogP contribution >= 0.6 is 0 Å². The van der Waals surface area contributed by atoms with E-state index in [0.717, 1.165) is 25.3 Å². The Bertz CT molecular complexity index is 400. The Morgan fingerprint density at radius 1 is 1.53 bits per heavy atom. The SMILES string of the molecule is CNC1CCN(C(=O)c2ccc(C)o2)CC1C. The number of piperidine rings is 1. The fourth-order valence-corrected chi connectivity index (χ4v) is 2.46. The molecule has 1 aliphatic heterocycles. The molecule has 94 valence electrons. The number of carbonyl (C=O) groups excluding carboxylic acids is 1. The minimum Gasteiger partial charge on any atom is -0.456 e. The van der Waals surface area contributed by atoms with Gasteiger partial charge in [-0.2, -0.15) is 0 Å². The van der Waals surface area contributed by atoms with Crippen LogP contribution in [0, 0.1) is 12.8 Å². The zero-order valence-electron chi connectivity index (χ0n) is 10.7. The van der Waals surface area contributed by atoms with E-state index < -0.39 is 0 Å². The zero-order valence-corrected chi connectivity index (χ0v) is 10.7. The molecule has 4 heteroatoms. The van der Waals surface area contributed by atoms with Gasteiger partial charge in [-0.05, 0) is 38.4 Å². The fourth-order valence-electron chi connectivity index (χ4n) is 2.46. The molecule has 0 saturated carbocycles. The Balaban J connectivity index is 2.02. The van der Waals surface area contributed by atoms with Crippen molar-refractivity contribution < 1.29 is 9.21 Å². The average Bonchev–Trinajstić information content (AvgIpc) is 2.75. The number of nitrogens with one attached hydrogen (secondary N) is 1. The third kappa shape index (κ3) is 2.52. The largest absolute Gasteiger partial charge is 0.456 e. The van der Waals surface area contributed by atoms with Gasteiger partial charge in [0.1, 0.15) is 5.76 Å². The van der Waals surface area contributed by atoms with Gasteiger partial charge in [0, 0.05) is 19.1 Å². The number of hydrogen-bond acceptors (Lipinski definition) is 3. The van der Waals surface area contributed by atoms with E-state index in [4.69, 9.17) is 4.42 Å². The van der Waals surface area contributed by atoms with Crippen molar-refractivity contribution in [1.82, 2.24) is 10.2 Å². The molecular formula is C13H20N2O2. The van der Waals surface area contributed by atoms with Gasteiger partial charge in [0.05, 0.1) is 0 Å². The van der Waals surface area contributed by atoms with E-state index in [2.05, 4.69) is 12.2 Å². The highest BCUT2D eigenvalue weighted by Gasteiger charge is 2.29. The van der Waals surface area contributed by atoms with Crippen molar-refractivity contribution in [2.24, 2.45) is 5.92 Å². The highest BCUT2D eigenvalue weighted by Crippen LogP contribution is 2.19. The van der Waals surface area contributed by atoms with E-state index in [9.17, 15) is 4.79 Å². The molecule has 1 amide bonds. The lowest BCUT2D eigenvalue weighted by Gasteiger charge is -2.36. The minimum atomic E-state index is 0.0134. The molecule has 0 spiro atoms. The molecule has 1 saturated heterocycles. The van der Waals surface area contributed by atoms with Crippen LogP contribution in [0.5, 0.6) is 0 Å². The van der Waals surface area contributed by atoms with E-state index in [-0.39, 0.29) is 5.91 Å². The van der Waals surface area contributed by atoms with Gasteiger partial charge in [-0.15, -0.1) is 0 Å². The molecule has 0 aliphatic carbocycles. The Labute approximate surface area is 102 Å². The van der Waals surface area contributed by atoms with Gasteiger partial charge in [0.25, 0.3) is 5.91 Å². The third-order valence-corrected chi connectivity index (χ3v) is 3.51. The molecule has 0 aromatic carbocycles. The van der Waals surface area contributed by atoms with Crippen LogP contribution < -0.4 is 5.32 Å². The molecule has 1 fully saturated rings. The fraction of sp³-hybridized carbons (Fsp3) is 0.615. The Morgan fingerprint density at radius 3 is 2.82 bits per heavy atom. The minimum absolute atomic E-state index is 0.0134. The Kier molecular flexibility index (Phi) is 3.52. The molecular weight excluding hydrogens is 216 g/mol. The van der Waals surface area contributed by atoms with Crippen LogP contribution in [0.25, 0.3) is 0 Å². The molecule has 2 heterocycles. The Morgan fingerprint density at radius 2 is 2.29 bits per heavy atom. The summed E-state index contributed by atoms with van der Waals surface area (Å²) in [6.07, 6.45) is 1.00. The van der Waals surface area contributed by atoms with E-state index >= 15 is 0 Å². The van der Waals surface area contributed by atoms with Crippen LogP contribution in [0.3, 0.4) is 0 Å². The van der Waals surface area contributed by atoms with Crippen molar-refractivity contribution in [3.05, 3.63) is 23.7 Å². The number of aryl methyl sites for hydroxylation is 1. The molecule has 1 N–H and O–H groups in total. The van der Waals surface area contributed by atoms with E-state index in [0.29, 0.717) is 17.7 Å². The molecule has 0 bridgehead atoms. The van der Waals surface area contributed by atoms with Crippen molar-refractivity contribution in [3.8, 4) is 0 Å². The molecule has 1 aliphatic rings. The van der Waals surface area contributed by atoms with E-state index in [1.165, 1.54) is 0 Å². The van der Waals surface area contributed by atoms with Gasteiger partial charge < -0.3 is 14.6 Å². The summed E-state index contributed by atoms with van der Waals surface area (Å²) in [6.45, 7) is 5.62. The number of carbonyl (C=O) groups is 1. The lowest BCUT2D eigenvalue weighted by atomic mass is 9.94. The topological polar surface area (TPSA) is 45.5 Å². The first-order chi connectivity index (χ1) is 8.11. The quantitative estimate of drug-likeness (QED) is 0.849. The van der Waals surface area contributed by atoms with Crippen LogP contribution in [0.4, 0.5) is 0 Å². The molecule has 1 aromatic rings. The number of likely N-dealkylation sites (tertiary alicyclic amines) is 1. The first-order valence-electron chi connectivity index (χ1n) is 6.14. The van der Waals surface area contributed by atoms with Gasteiger partial charge >= 0.3 is 0 Å². The third-order valence-electron chi connectivity index (χ3n) is 3.51. The number of nitrogens with zero attached hydrogens (tertiary/aromatic N) is 1. The van der Waals surface area contributed by atoms with Crippen LogP contribution in [0.15, 0.2) is 16.5 Å². The number of rotatable bonds is 2. The summed E-state index contributed by atoms with van der Waals surface area (Å²) in [4.78, 5) is 14.1. The van der Waals surface area contributed by atoms with Crippen molar-refractivity contribution >= 4 is 5.91 Å². The average molecular weight is 236 g/mol.